The maximum absolute atomic E-state index is 13.2. The monoisotopic (exact) mass is 304 g/mol. The molecule has 22 heavy (non-hydrogen) atoms. The Labute approximate surface area is 128 Å². The molecular weight excluding hydrogens is 286 g/mol. The molecule has 5 heteroatoms. The van der Waals surface area contributed by atoms with Crippen LogP contribution in [-0.4, -0.2) is 11.9 Å². The fourth-order valence-corrected chi connectivity index (χ4v) is 2.69. The van der Waals surface area contributed by atoms with Crippen molar-refractivity contribution >= 4 is 12.0 Å². The molecule has 1 aliphatic rings. The van der Waals surface area contributed by atoms with Crippen molar-refractivity contribution in [2.24, 2.45) is 5.92 Å². The van der Waals surface area contributed by atoms with Gasteiger partial charge in [0.05, 0.1) is 0 Å². The second-order valence-electron chi connectivity index (χ2n) is 5.69. The summed E-state index contributed by atoms with van der Waals surface area (Å²) in [6.07, 6.45) is 5.44. The lowest BCUT2D eigenvalue weighted by molar-refractivity contribution is -0.118. The highest BCUT2D eigenvalue weighted by Crippen LogP contribution is 2.24. The highest BCUT2D eigenvalue weighted by molar-refractivity contribution is 6.01. The number of amides is 1. The normalized spacial score (nSPS) is 22.0. The largest absolute Gasteiger partial charge is 0.348 e. The Morgan fingerprint density at radius 2 is 2.05 bits per heavy atom. The SMILES string of the molecule is C[C@H]1CCCC[C@H]1NC(=O)/C(C#N)=C/c1ccc(F)c(F)c1. The molecule has 0 radical (unpaired) electrons. The minimum Gasteiger partial charge on any atom is -0.348 e. The number of benzene rings is 1. The van der Waals surface area contributed by atoms with Gasteiger partial charge in [-0.05, 0) is 42.5 Å². The van der Waals surface area contributed by atoms with Crippen LogP contribution in [0.2, 0.25) is 0 Å². The van der Waals surface area contributed by atoms with Crippen molar-refractivity contribution in [2.75, 3.05) is 0 Å². The first-order chi connectivity index (χ1) is 10.5. The fraction of sp³-hybridized carbons (Fsp3) is 0.412. The average Bonchev–Trinajstić information content (AvgIpc) is 2.50. The molecule has 0 aromatic heterocycles. The molecule has 0 spiro atoms. The Bertz CT molecular complexity index is 634. The van der Waals surface area contributed by atoms with E-state index in [1.807, 2.05) is 6.07 Å². The Morgan fingerprint density at radius 1 is 1.32 bits per heavy atom. The number of hydrogen-bond acceptors (Lipinski definition) is 2. The third-order valence-corrected chi connectivity index (χ3v) is 4.05. The number of rotatable bonds is 3. The van der Waals surface area contributed by atoms with Gasteiger partial charge in [-0.2, -0.15) is 5.26 Å². The van der Waals surface area contributed by atoms with Crippen LogP contribution in [0.1, 0.15) is 38.2 Å². The summed E-state index contributed by atoms with van der Waals surface area (Å²) in [5.41, 5.74) is 0.172. The molecule has 1 N–H and O–H groups in total. The molecule has 1 aromatic carbocycles. The quantitative estimate of drug-likeness (QED) is 0.685. The van der Waals surface area contributed by atoms with Crippen molar-refractivity contribution in [3.63, 3.8) is 0 Å². The number of nitrogens with one attached hydrogen (secondary N) is 1. The molecule has 1 saturated carbocycles. The second kappa shape index (κ2) is 7.17. The van der Waals surface area contributed by atoms with E-state index in [9.17, 15) is 13.6 Å². The van der Waals surface area contributed by atoms with Crippen LogP contribution in [0.3, 0.4) is 0 Å². The predicted octanol–water partition coefficient (Wildman–Crippen LogP) is 3.57. The average molecular weight is 304 g/mol. The van der Waals surface area contributed by atoms with Crippen molar-refractivity contribution in [2.45, 2.75) is 38.6 Å². The molecule has 116 valence electrons. The van der Waals surface area contributed by atoms with Crippen molar-refractivity contribution < 1.29 is 13.6 Å². The summed E-state index contributed by atoms with van der Waals surface area (Å²) in [6.45, 7) is 2.08. The zero-order valence-corrected chi connectivity index (χ0v) is 12.4. The molecule has 0 heterocycles. The molecule has 1 aromatic rings. The van der Waals surface area contributed by atoms with E-state index in [1.54, 1.807) is 0 Å². The van der Waals surface area contributed by atoms with E-state index in [0.717, 1.165) is 37.8 Å². The van der Waals surface area contributed by atoms with E-state index >= 15 is 0 Å². The third kappa shape index (κ3) is 3.91. The lowest BCUT2D eigenvalue weighted by Crippen LogP contribution is -2.41. The highest BCUT2D eigenvalue weighted by Gasteiger charge is 2.24. The van der Waals surface area contributed by atoms with Crippen molar-refractivity contribution in [3.8, 4) is 6.07 Å². The van der Waals surface area contributed by atoms with Crippen molar-refractivity contribution in [1.29, 1.82) is 5.26 Å². The van der Waals surface area contributed by atoms with Gasteiger partial charge in [-0.25, -0.2) is 8.78 Å². The van der Waals surface area contributed by atoms with Crippen LogP contribution in [0.25, 0.3) is 6.08 Å². The number of nitrogens with zero attached hydrogens (tertiary/aromatic N) is 1. The molecule has 1 aliphatic carbocycles. The Morgan fingerprint density at radius 3 is 2.68 bits per heavy atom. The molecule has 2 rings (SSSR count). The van der Waals surface area contributed by atoms with Gasteiger partial charge >= 0.3 is 0 Å². The topological polar surface area (TPSA) is 52.9 Å². The summed E-state index contributed by atoms with van der Waals surface area (Å²) in [6, 6.07) is 5.14. The smallest absolute Gasteiger partial charge is 0.262 e. The van der Waals surface area contributed by atoms with Crippen LogP contribution in [0.15, 0.2) is 23.8 Å². The van der Waals surface area contributed by atoms with Crippen LogP contribution in [0, 0.1) is 28.9 Å². The summed E-state index contributed by atoms with van der Waals surface area (Å²) in [7, 11) is 0. The molecule has 0 saturated heterocycles. The van der Waals surface area contributed by atoms with E-state index in [-0.39, 0.29) is 17.2 Å². The minimum atomic E-state index is -1.01. The van der Waals surface area contributed by atoms with Gasteiger partial charge < -0.3 is 5.32 Å². The van der Waals surface area contributed by atoms with E-state index in [1.165, 1.54) is 12.1 Å². The van der Waals surface area contributed by atoms with E-state index < -0.39 is 17.5 Å². The van der Waals surface area contributed by atoms with E-state index in [4.69, 9.17) is 5.26 Å². The standard InChI is InChI=1S/C17H18F2N2O/c1-11-4-2-3-5-16(11)21-17(22)13(10-20)8-12-6-7-14(18)15(19)9-12/h6-9,11,16H,2-5H2,1H3,(H,21,22)/b13-8+/t11-,16+/m0/s1. The summed E-state index contributed by atoms with van der Waals surface area (Å²) >= 11 is 0. The first kappa shape index (κ1) is 16.2. The van der Waals surface area contributed by atoms with Crippen molar-refractivity contribution in [1.82, 2.24) is 5.32 Å². The number of nitriles is 1. The number of halogens is 2. The number of hydrogen-bond donors (Lipinski definition) is 1. The van der Waals surface area contributed by atoms with Gasteiger partial charge in [-0.1, -0.05) is 25.8 Å². The molecule has 0 unspecified atom stereocenters. The zero-order chi connectivity index (χ0) is 16.1. The molecular formula is C17H18F2N2O. The molecule has 0 aliphatic heterocycles. The van der Waals surface area contributed by atoms with Gasteiger partial charge in [-0.15, -0.1) is 0 Å². The van der Waals surface area contributed by atoms with Gasteiger partial charge in [0, 0.05) is 6.04 Å². The molecule has 1 amide bonds. The first-order valence-corrected chi connectivity index (χ1v) is 7.39. The number of carbonyl (C=O) groups excluding carboxylic acids is 1. The third-order valence-electron chi connectivity index (χ3n) is 4.05. The Balaban J connectivity index is 2.13. The first-order valence-electron chi connectivity index (χ1n) is 7.39. The molecule has 1 fully saturated rings. The predicted molar refractivity (Wildman–Crippen MR) is 79.5 cm³/mol. The molecule has 2 atom stereocenters. The van der Waals surface area contributed by atoms with Crippen LogP contribution >= 0.6 is 0 Å². The maximum Gasteiger partial charge on any atom is 0.262 e. The summed E-state index contributed by atoms with van der Waals surface area (Å²) < 4.78 is 26.1. The van der Waals surface area contributed by atoms with Crippen LogP contribution < -0.4 is 5.32 Å². The molecule has 3 nitrogen and oxygen atoms in total. The maximum atomic E-state index is 13.2. The highest BCUT2D eigenvalue weighted by atomic mass is 19.2. The Hall–Kier alpha value is -2.22. The van der Waals surface area contributed by atoms with Crippen LogP contribution in [-0.2, 0) is 4.79 Å². The zero-order valence-electron chi connectivity index (χ0n) is 12.4. The minimum absolute atomic E-state index is 0.0583. The fourth-order valence-electron chi connectivity index (χ4n) is 2.69. The van der Waals surface area contributed by atoms with Gasteiger partial charge in [0.25, 0.3) is 5.91 Å². The Kier molecular flexibility index (Phi) is 5.26. The van der Waals surface area contributed by atoms with Crippen LogP contribution in [0.5, 0.6) is 0 Å². The second-order valence-corrected chi connectivity index (χ2v) is 5.69. The van der Waals surface area contributed by atoms with E-state index in [2.05, 4.69) is 12.2 Å². The number of carbonyl (C=O) groups is 1. The molecule has 0 bridgehead atoms. The summed E-state index contributed by atoms with van der Waals surface area (Å²) in [4.78, 5) is 12.2. The van der Waals surface area contributed by atoms with Crippen LogP contribution in [0.4, 0.5) is 8.78 Å². The lowest BCUT2D eigenvalue weighted by atomic mass is 9.86. The summed E-state index contributed by atoms with van der Waals surface area (Å²) in [5.74, 6) is -2.06. The lowest BCUT2D eigenvalue weighted by Gasteiger charge is -2.29. The van der Waals surface area contributed by atoms with Gasteiger partial charge in [0.2, 0.25) is 0 Å². The van der Waals surface area contributed by atoms with Gasteiger partial charge in [0.15, 0.2) is 11.6 Å². The van der Waals surface area contributed by atoms with Crippen molar-refractivity contribution in [3.05, 3.63) is 41.0 Å². The van der Waals surface area contributed by atoms with Gasteiger partial charge in [0.1, 0.15) is 11.6 Å². The van der Waals surface area contributed by atoms with E-state index in [0.29, 0.717) is 5.92 Å². The van der Waals surface area contributed by atoms with Gasteiger partial charge in [-0.3, -0.25) is 4.79 Å². The summed E-state index contributed by atoms with van der Waals surface area (Å²) in [5, 5.41) is 12.0.